The molecule has 5 heteroatoms. The quantitative estimate of drug-likeness (QED) is 0.798. The van der Waals surface area contributed by atoms with Crippen molar-refractivity contribution in [2.75, 3.05) is 0 Å². The van der Waals surface area contributed by atoms with Gasteiger partial charge in [-0.1, -0.05) is 0 Å². The smallest absolute Gasteiger partial charge is 0.131 e. The molecule has 0 bridgehead atoms. The van der Waals surface area contributed by atoms with Crippen LogP contribution in [0.2, 0.25) is 0 Å². The molecule has 2 N–H and O–H groups in total. The van der Waals surface area contributed by atoms with Crippen LogP contribution in [0.5, 0.6) is 0 Å². The Morgan fingerprint density at radius 2 is 2.27 bits per heavy atom. The Hall–Kier alpha value is -1.75. The number of hydrogen-bond donors (Lipinski definition) is 1. The van der Waals surface area contributed by atoms with Crippen molar-refractivity contribution in [1.29, 1.82) is 0 Å². The number of nitrogens with two attached hydrogens (primary N) is 1. The van der Waals surface area contributed by atoms with Gasteiger partial charge in [0.15, 0.2) is 0 Å². The second-order valence-electron chi connectivity index (χ2n) is 3.18. The highest BCUT2D eigenvalue weighted by molar-refractivity contribution is 5.15. The van der Waals surface area contributed by atoms with E-state index in [0.717, 1.165) is 18.1 Å². The zero-order valence-corrected chi connectivity index (χ0v) is 8.54. The third kappa shape index (κ3) is 1.87. The molecule has 2 aromatic rings. The van der Waals surface area contributed by atoms with Crippen molar-refractivity contribution in [2.45, 2.75) is 19.5 Å². The number of imidazole rings is 1. The van der Waals surface area contributed by atoms with Gasteiger partial charge in [0.05, 0.1) is 5.69 Å². The summed E-state index contributed by atoms with van der Waals surface area (Å²) >= 11 is 0. The summed E-state index contributed by atoms with van der Waals surface area (Å²) in [5.74, 6) is 0.830. The average molecular weight is 203 g/mol. The number of aryl methyl sites for hydroxylation is 1. The zero-order chi connectivity index (χ0) is 10.7. The van der Waals surface area contributed by atoms with Crippen LogP contribution in [0.15, 0.2) is 31.0 Å². The first-order chi connectivity index (χ1) is 7.33. The van der Waals surface area contributed by atoms with Crippen molar-refractivity contribution in [1.82, 2.24) is 19.5 Å². The summed E-state index contributed by atoms with van der Waals surface area (Å²) in [4.78, 5) is 12.2. The molecule has 0 saturated heterocycles. The highest BCUT2D eigenvalue weighted by atomic mass is 15.1. The molecule has 0 aliphatic rings. The van der Waals surface area contributed by atoms with Gasteiger partial charge in [-0.3, -0.25) is 0 Å². The minimum Gasteiger partial charge on any atom is -0.334 e. The first kappa shape index (κ1) is 9.79. The summed E-state index contributed by atoms with van der Waals surface area (Å²) in [6, 6.07) is 1.52. The maximum Gasteiger partial charge on any atom is 0.131 e. The van der Waals surface area contributed by atoms with Crippen LogP contribution in [-0.4, -0.2) is 19.5 Å². The van der Waals surface area contributed by atoms with Gasteiger partial charge in [-0.15, -0.1) is 0 Å². The van der Waals surface area contributed by atoms with Gasteiger partial charge in [0, 0.05) is 25.1 Å². The number of nitrogens with zero attached hydrogens (tertiary/aromatic N) is 4. The van der Waals surface area contributed by atoms with Crippen LogP contribution in [0.25, 0.3) is 0 Å². The van der Waals surface area contributed by atoms with E-state index in [9.17, 15) is 0 Å². The molecular weight excluding hydrogens is 190 g/mol. The number of rotatable bonds is 3. The molecule has 1 unspecified atom stereocenters. The fraction of sp³-hybridized carbons (Fsp3) is 0.300. The minimum absolute atomic E-state index is 0.289. The van der Waals surface area contributed by atoms with Crippen molar-refractivity contribution in [3.63, 3.8) is 0 Å². The Labute approximate surface area is 88.0 Å². The minimum atomic E-state index is -0.289. The van der Waals surface area contributed by atoms with Crippen molar-refractivity contribution in [2.24, 2.45) is 5.73 Å². The average Bonchev–Trinajstić information content (AvgIpc) is 2.77. The SMILES string of the molecule is CCn1ccnc1C(N)c1ccncn1. The van der Waals surface area contributed by atoms with E-state index in [1.165, 1.54) is 6.33 Å². The van der Waals surface area contributed by atoms with E-state index in [0.29, 0.717) is 0 Å². The van der Waals surface area contributed by atoms with E-state index in [-0.39, 0.29) is 6.04 Å². The van der Waals surface area contributed by atoms with Crippen LogP contribution in [0.4, 0.5) is 0 Å². The van der Waals surface area contributed by atoms with E-state index in [1.54, 1.807) is 18.5 Å². The second-order valence-corrected chi connectivity index (χ2v) is 3.18. The van der Waals surface area contributed by atoms with Crippen molar-refractivity contribution < 1.29 is 0 Å². The molecule has 0 spiro atoms. The molecule has 0 radical (unpaired) electrons. The van der Waals surface area contributed by atoms with Gasteiger partial charge in [-0.25, -0.2) is 15.0 Å². The van der Waals surface area contributed by atoms with Gasteiger partial charge >= 0.3 is 0 Å². The van der Waals surface area contributed by atoms with Crippen LogP contribution in [0.3, 0.4) is 0 Å². The van der Waals surface area contributed by atoms with Crippen LogP contribution < -0.4 is 5.73 Å². The lowest BCUT2D eigenvalue weighted by atomic mass is 10.2. The van der Waals surface area contributed by atoms with Gasteiger partial charge in [-0.2, -0.15) is 0 Å². The standard InChI is InChI=1S/C10H13N5/c1-2-15-6-5-13-10(15)9(11)8-3-4-12-7-14-8/h3-7,9H,2,11H2,1H3. The van der Waals surface area contributed by atoms with Crippen LogP contribution >= 0.6 is 0 Å². The third-order valence-electron chi connectivity index (χ3n) is 2.29. The molecule has 15 heavy (non-hydrogen) atoms. The van der Waals surface area contributed by atoms with Gasteiger partial charge in [-0.05, 0) is 13.0 Å². The van der Waals surface area contributed by atoms with Crippen LogP contribution in [-0.2, 0) is 6.54 Å². The lowest BCUT2D eigenvalue weighted by molar-refractivity contribution is 0.646. The maximum absolute atomic E-state index is 6.06. The Bertz CT molecular complexity index is 422. The second kappa shape index (κ2) is 4.18. The van der Waals surface area contributed by atoms with Crippen LogP contribution in [0.1, 0.15) is 24.5 Å². The van der Waals surface area contributed by atoms with Gasteiger partial charge < -0.3 is 10.3 Å². The monoisotopic (exact) mass is 203 g/mol. The van der Waals surface area contributed by atoms with Crippen molar-refractivity contribution in [3.05, 3.63) is 42.5 Å². The van der Waals surface area contributed by atoms with E-state index in [2.05, 4.69) is 21.9 Å². The molecule has 2 rings (SSSR count). The molecule has 5 nitrogen and oxygen atoms in total. The molecule has 0 fully saturated rings. The molecule has 0 aromatic carbocycles. The molecule has 1 atom stereocenters. The topological polar surface area (TPSA) is 69.6 Å². The summed E-state index contributed by atoms with van der Waals surface area (Å²) in [7, 11) is 0. The zero-order valence-electron chi connectivity index (χ0n) is 8.54. The first-order valence-electron chi connectivity index (χ1n) is 4.85. The lowest BCUT2D eigenvalue weighted by Crippen LogP contribution is -2.18. The molecule has 0 amide bonds. The Kier molecular flexibility index (Phi) is 2.73. The largest absolute Gasteiger partial charge is 0.334 e. The molecule has 0 aliphatic heterocycles. The predicted octanol–water partition coefficient (Wildman–Crippen LogP) is 0.741. The molecule has 2 aromatic heterocycles. The van der Waals surface area contributed by atoms with Crippen molar-refractivity contribution >= 4 is 0 Å². The summed E-state index contributed by atoms with van der Waals surface area (Å²) in [6.45, 7) is 2.91. The predicted molar refractivity (Wildman–Crippen MR) is 56.0 cm³/mol. The number of aromatic nitrogens is 4. The Morgan fingerprint density at radius 1 is 1.40 bits per heavy atom. The molecular formula is C10H13N5. The van der Waals surface area contributed by atoms with Gasteiger partial charge in [0.1, 0.15) is 18.2 Å². The summed E-state index contributed by atoms with van der Waals surface area (Å²) in [5.41, 5.74) is 6.85. The number of hydrogen-bond acceptors (Lipinski definition) is 4. The lowest BCUT2D eigenvalue weighted by Gasteiger charge is -2.11. The molecule has 2 heterocycles. The van der Waals surface area contributed by atoms with Gasteiger partial charge in [0.25, 0.3) is 0 Å². The highest BCUT2D eigenvalue weighted by Gasteiger charge is 2.14. The maximum atomic E-state index is 6.06. The van der Waals surface area contributed by atoms with E-state index in [4.69, 9.17) is 5.73 Å². The van der Waals surface area contributed by atoms with Crippen molar-refractivity contribution in [3.8, 4) is 0 Å². The summed E-state index contributed by atoms with van der Waals surface area (Å²) in [5, 5.41) is 0. The normalized spacial score (nSPS) is 12.7. The fourth-order valence-electron chi connectivity index (χ4n) is 1.48. The summed E-state index contributed by atoms with van der Waals surface area (Å²) in [6.07, 6.45) is 6.84. The fourth-order valence-corrected chi connectivity index (χ4v) is 1.48. The van der Waals surface area contributed by atoms with E-state index >= 15 is 0 Å². The van der Waals surface area contributed by atoms with Gasteiger partial charge in [0.2, 0.25) is 0 Å². The summed E-state index contributed by atoms with van der Waals surface area (Å²) < 4.78 is 2.01. The Morgan fingerprint density at radius 3 is 2.93 bits per heavy atom. The molecule has 0 saturated carbocycles. The first-order valence-corrected chi connectivity index (χ1v) is 4.85. The highest BCUT2D eigenvalue weighted by Crippen LogP contribution is 2.14. The van der Waals surface area contributed by atoms with Crippen LogP contribution in [0, 0.1) is 0 Å². The van der Waals surface area contributed by atoms with E-state index < -0.39 is 0 Å². The van der Waals surface area contributed by atoms with E-state index in [1.807, 2.05) is 10.8 Å². The Balaban J connectivity index is 2.32. The third-order valence-corrected chi connectivity index (χ3v) is 2.29. The molecule has 0 aliphatic carbocycles. The molecule has 78 valence electrons.